The Morgan fingerprint density at radius 2 is 2.00 bits per heavy atom. The van der Waals surface area contributed by atoms with Crippen LogP contribution >= 0.6 is 0 Å². The van der Waals surface area contributed by atoms with E-state index in [4.69, 9.17) is 4.74 Å². The van der Waals surface area contributed by atoms with Crippen molar-refractivity contribution < 1.29 is 9.53 Å². The molecule has 0 aliphatic rings. The van der Waals surface area contributed by atoms with Crippen LogP contribution in [0.1, 0.15) is 20.8 Å². The second-order valence-corrected chi connectivity index (χ2v) is 5.51. The SMILES string of the molecule is COc1cccc2c1ccn2CC(=O)C(C)(C)C. The van der Waals surface area contributed by atoms with E-state index in [1.54, 1.807) is 7.11 Å². The Hall–Kier alpha value is -1.77. The summed E-state index contributed by atoms with van der Waals surface area (Å²) in [6.07, 6.45) is 1.94. The zero-order chi connectivity index (χ0) is 13.3. The van der Waals surface area contributed by atoms with Gasteiger partial charge in [-0.3, -0.25) is 4.79 Å². The number of hydrogen-bond donors (Lipinski definition) is 0. The minimum Gasteiger partial charge on any atom is -0.496 e. The molecule has 0 amide bonds. The molecule has 3 nitrogen and oxygen atoms in total. The second-order valence-electron chi connectivity index (χ2n) is 5.51. The van der Waals surface area contributed by atoms with Gasteiger partial charge >= 0.3 is 0 Å². The standard InChI is InChI=1S/C15H19NO2/c1-15(2,3)14(17)10-16-9-8-11-12(16)6-5-7-13(11)18-4/h5-9H,10H2,1-4H3. The Bertz CT molecular complexity index is 576. The summed E-state index contributed by atoms with van der Waals surface area (Å²) < 4.78 is 7.29. The summed E-state index contributed by atoms with van der Waals surface area (Å²) in [5, 5.41) is 1.04. The summed E-state index contributed by atoms with van der Waals surface area (Å²) in [6, 6.07) is 7.87. The molecule has 1 aromatic carbocycles. The molecular weight excluding hydrogens is 226 g/mol. The highest BCUT2D eigenvalue weighted by atomic mass is 16.5. The van der Waals surface area contributed by atoms with Gasteiger partial charge in [-0.25, -0.2) is 0 Å². The third-order valence-electron chi connectivity index (χ3n) is 3.14. The number of fused-ring (bicyclic) bond motifs is 1. The number of carbonyl (C=O) groups excluding carboxylic acids is 1. The Labute approximate surface area is 107 Å². The number of ketones is 1. The highest BCUT2D eigenvalue weighted by Crippen LogP contribution is 2.27. The van der Waals surface area contributed by atoms with Gasteiger partial charge in [-0.15, -0.1) is 0 Å². The maximum Gasteiger partial charge on any atom is 0.157 e. The topological polar surface area (TPSA) is 31.2 Å². The van der Waals surface area contributed by atoms with Gasteiger partial charge in [-0.2, -0.15) is 0 Å². The first-order valence-corrected chi connectivity index (χ1v) is 6.08. The van der Waals surface area contributed by atoms with Crippen LogP contribution in [0, 0.1) is 5.41 Å². The van der Waals surface area contributed by atoms with Crippen LogP contribution in [0.15, 0.2) is 30.5 Å². The van der Waals surface area contributed by atoms with Crippen LogP contribution < -0.4 is 4.74 Å². The number of nitrogens with zero attached hydrogens (tertiary/aromatic N) is 1. The summed E-state index contributed by atoms with van der Waals surface area (Å²) in [5.74, 6) is 1.07. The van der Waals surface area contributed by atoms with Gasteiger partial charge in [0.05, 0.1) is 19.2 Å². The van der Waals surface area contributed by atoms with Crippen molar-refractivity contribution in [2.24, 2.45) is 5.41 Å². The zero-order valence-electron chi connectivity index (χ0n) is 11.4. The molecule has 3 heteroatoms. The number of aromatic nitrogens is 1. The molecule has 0 saturated heterocycles. The number of ether oxygens (including phenoxy) is 1. The first-order chi connectivity index (χ1) is 8.43. The predicted molar refractivity (Wildman–Crippen MR) is 73.0 cm³/mol. The van der Waals surface area contributed by atoms with Crippen molar-refractivity contribution >= 4 is 16.7 Å². The molecule has 0 aliphatic heterocycles. The minimum atomic E-state index is -0.310. The van der Waals surface area contributed by atoms with Crippen molar-refractivity contribution in [2.45, 2.75) is 27.3 Å². The summed E-state index contributed by atoms with van der Waals surface area (Å²) >= 11 is 0. The Morgan fingerprint density at radius 3 is 2.61 bits per heavy atom. The number of rotatable bonds is 3. The molecule has 18 heavy (non-hydrogen) atoms. The number of hydrogen-bond acceptors (Lipinski definition) is 2. The molecule has 1 aromatic heterocycles. The highest BCUT2D eigenvalue weighted by Gasteiger charge is 2.21. The predicted octanol–water partition coefficient (Wildman–Crippen LogP) is 3.27. The van der Waals surface area contributed by atoms with E-state index in [2.05, 4.69) is 0 Å². The van der Waals surface area contributed by atoms with Crippen LogP contribution in [0.3, 0.4) is 0 Å². The lowest BCUT2D eigenvalue weighted by Crippen LogP contribution is -2.24. The van der Waals surface area contributed by atoms with Crippen molar-refractivity contribution in [1.82, 2.24) is 4.57 Å². The molecule has 2 rings (SSSR count). The molecule has 0 unspecified atom stereocenters. The summed E-state index contributed by atoms with van der Waals surface area (Å²) in [4.78, 5) is 12.1. The van der Waals surface area contributed by atoms with Gasteiger partial charge in [0, 0.05) is 17.0 Å². The lowest BCUT2D eigenvalue weighted by molar-refractivity contribution is -0.126. The third-order valence-corrected chi connectivity index (χ3v) is 3.14. The van der Waals surface area contributed by atoms with Gasteiger partial charge < -0.3 is 9.30 Å². The largest absolute Gasteiger partial charge is 0.496 e. The van der Waals surface area contributed by atoms with E-state index < -0.39 is 0 Å². The molecule has 0 bridgehead atoms. The quantitative estimate of drug-likeness (QED) is 0.831. The fourth-order valence-electron chi connectivity index (χ4n) is 1.90. The van der Waals surface area contributed by atoms with Gasteiger partial charge in [0.2, 0.25) is 0 Å². The first kappa shape index (κ1) is 12.7. The summed E-state index contributed by atoms with van der Waals surface area (Å²) in [5.41, 5.74) is 0.724. The average molecular weight is 245 g/mol. The lowest BCUT2D eigenvalue weighted by Gasteiger charge is -2.17. The molecule has 0 radical (unpaired) electrons. The lowest BCUT2D eigenvalue weighted by atomic mass is 9.91. The number of benzene rings is 1. The van der Waals surface area contributed by atoms with E-state index >= 15 is 0 Å². The molecule has 0 spiro atoms. The van der Waals surface area contributed by atoms with Crippen LogP contribution in [0.2, 0.25) is 0 Å². The van der Waals surface area contributed by atoms with Gasteiger partial charge in [0.15, 0.2) is 5.78 Å². The minimum absolute atomic E-state index is 0.225. The molecule has 0 N–H and O–H groups in total. The molecule has 96 valence electrons. The van der Waals surface area contributed by atoms with Gasteiger partial charge in [0.25, 0.3) is 0 Å². The van der Waals surface area contributed by atoms with E-state index in [-0.39, 0.29) is 11.2 Å². The molecular formula is C15H19NO2. The molecule has 0 atom stereocenters. The second kappa shape index (κ2) is 4.48. The maximum atomic E-state index is 12.1. The van der Waals surface area contributed by atoms with E-state index in [9.17, 15) is 4.79 Å². The van der Waals surface area contributed by atoms with E-state index in [1.807, 2.05) is 55.8 Å². The van der Waals surface area contributed by atoms with Crippen LogP contribution in [0.5, 0.6) is 5.75 Å². The number of carbonyl (C=O) groups is 1. The van der Waals surface area contributed by atoms with Crippen molar-refractivity contribution in [3.05, 3.63) is 30.5 Å². The molecule has 0 fully saturated rings. The van der Waals surface area contributed by atoms with Crippen molar-refractivity contribution in [3.8, 4) is 5.75 Å². The monoisotopic (exact) mass is 245 g/mol. The fraction of sp³-hybridized carbons (Fsp3) is 0.400. The van der Waals surface area contributed by atoms with Crippen molar-refractivity contribution in [3.63, 3.8) is 0 Å². The van der Waals surface area contributed by atoms with Crippen molar-refractivity contribution in [1.29, 1.82) is 0 Å². The summed E-state index contributed by atoms with van der Waals surface area (Å²) in [7, 11) is 1.66. The number of methoxy groups -OCH3 is 1. The average Bonchev–Trinajstić information content (AvgIpc) is 2.71. The maximum absolute atomic E-state index is 12.1. The first-order valence-electron chi connectivity index (χ1n) is 6.08. The van der Waals surface area contributed by atoms with E-state index in [1.165, 1.54) is 0 Å². The normalized spacial score (nSPS) is 11.8. The zero-order valence-corrected chi connectivity index (χ0v) is 11.4. The molecule has 0 aliphatic carbocycles. The highest BCUT2D eigenvalue weighted by molar-refractivity contribution is 5.89. The van der Waals surface area contributed by atoms with Crippen LogP contribution in [-0.2, 0) is 11.3 Å². The van der Waals surface area contributed by atoms with Crippen molar-refractivity contribution in [2.75, 3.05) is 7.11 Å². The van der Waals surface area contributed by atoms with E-state index in [0.29, 0.717) is 6.54 Å². The van der Waals surface area contributed by atoms with Gasteiger partial charge in [-0.05, 0) is 18.2 Å². The van der Waals surface area contributed by atoms with Crippen LogP contribution in [-0.4, -0.2) is 17.5 Å². The molecule has 2 aromatic rings. The Kier molecular flexibility index (Phi) is 3.16. The Morgan fingerprint density at radius 1 is 1.28 bits per heavy atom. The van der Waals surface area contributed by atoms with Gasteiger partial charge in [0.1, 0.15) is 5.75 Å². The Balaban J connectivity index is 2.39. The summed E-state index contributed by atoms with van der Waals surface area (Å²) in [6.45, 7) is 6.24. The number of Topliss-reactive ketones (excluding diaryl/α,β-unsaturated/α-hetero) is 1. The van der Waals surface area contributed by atoms with E-state index in [0.717, 1.165) is 16.7 Å². The third kappa shape index (κ3) is 2.26. The molecule has 0 saturated carbocycles. The van der Waals surface area contributed by atoms with Crippen LogP contribution in [0.4, 0.5) is 0 Å². The van der Waals surface area contributed by atoms with Crippen LogP contribution in [0.25, 0.3) is 10.9 Å². The van der Waals surface area contributed by atoms with Gasteiger partial charge in [-0.1, -0.05) is 26.8 Å². The molecule has 1 heterocycles. The smallest absolute Gasteiger partial charge is 0.157 e. The fourth-order valence-corrected chi connectivity index (χ4v) is 1.90.